The summed E-state index contributed by atoms with van der Waals surface area (Å²) in [7, 11) is -3.61. The van der Waals surface area contributed by atoms with Gasteiger partial charge in [0, 0.05) is 13.1 Å². The van der Waals surface area contributed by atoms with Gasteiger partial charge in [0.25, 0.3) is 10.0 Å². The fourth-order valence-electron chi connectivity index (χ4n) is 2.36. The molecule has 0 N–H and O–H groups in total. The fraction of sp³-hybridized carbons (Fsp3) is 0.111. The molecule has 3 nitrogen and oxygen atoms in total. The number of halogens is 1. The van der Waals surface area contributed by atoms with Crippen LogP contribution < -0.4 is 0 Å². The molecule has 6 heteroatoms. The molecule has 124 valence electrons. The molecule has 0 spiro atoms. The van der Waals surface area contributed by atoms with Crippen LogP contribution in [-0.2, 0) is 23.1 Å². The molecule has 0 bridgehead atoms. The lowest BCUT2D eigenvalue weighted by molar-refractivity contribution is 0.402. The van der Waals surface area contributed by atoms with Crippen molar-refractivity contribution in [3.8, 4) is 0 Å². The molecule has 0 fully saturated rings. The summed E-state index contributed by atoms with van der Waals surface area (Å²) in [5, 5.41) is 0. The fourth-order valence-corrected chi connectivity index (χ4v) is 5.42. The van der Waals surface area contributed by atoms with Crippen LogP contribution in [0.15, 0.2) is 77.0 Å². The van der Waals surface area contributed by atoms with E-state index in [1.807, 2.05) is 60.7 Å². The van der Waals surface area contributed by atoms with Gasteiger partial charge < -0.3 is 0 Å². The third-order valence-corrected chi connectivity index (χ3v) is 7.04. The van der Waals surface area contributed by atoms with Gasteiger partial charge in [-0.2, -0.15) is 4.31 Å². The Kier molecular flexibility index (Phi) is 5.36. The van der Waals surface area contributed by atoms with Crippen LogP contribution in [0.2, 0.25) is 4.34 Å². The second kappa shape index (κ2) is 7.49. The van der Waals surface area contributed by atoms with E-state index in [2.05, 4.69) is 0 Å². The van der Waals surface area contributed by atoms with E-state index in [-0.39, 0.29) is 4.21 Å². The third kappa shape index (κ3) is 4.05. The minimum atomic E-state index is -3.61. The minimum Gasteiger partial charge on any atom is -0.206 e. The molecule has 0 saturated carbocycles. The molecular formula is C18H16ClNO2S2. The molecule has 0 unspecified atom stereocenters. The van der Waals surface area contributed by atoms with Crippen LogP contribution >= 0.6 is 22.9 Å². The Morgan fingerprint density at radius 1 is 0.792 bits per heavy atom. The summed E-state index contributed by atoms with van der Waals surface area (Å²) in [6, 6.07) is 22.3. The summed E-state index contributed by atoms with van der Waals surface area (Å²) >= 11 is 7.01. The topological polar surface area (TPSA) is 37.4 Å². The van der Waals surface area contributed by atoms with Gasteiger partial charge in [-0.1, -0.05) is 72.3 Å². The Hall–Kier alpha value is -1.66. The van der Waals surface area contributed by atoms with Gasteiger partial charge in [-0.15, -0.1) is 11.3 Å². The van der Waals surface area contributed by atoms with E-state index < -0.39 is 10.0 Å². The van der Waals surface area contributed by atoms with Gasteiger partial charge in [-0.25, -0.2) is 8.42 Å². The highest BCUT2D eigenvalue weighted by Gasteiger charge is 2.26. The van der Waals surface area contributed by atoms with E-state index in [1.165, 1.54) is 4.31 Å². The first-order valence-electron chi connectivity index (χ1n) is 7.39. The van der Waals surface area contributed by atoms with Crippen molar-refractivity contribution in [2.75, 3.05) is 0 Å². The van der Waals surface area contributed by atoms with Crippen LogP contribution in [-0.4, -0.2) is 12.7 Å². The number of rotatable bonds is 6. The van der Waals surface area contributed by atoms with Crippen molar-refractivity contribution in [3.63, 3.8) is 0 Å². The summed E-state index contributed by atoms with van der Waals surface area (Å²) in [4.78, 5) is 0. The van der Waals surface area contributed by atoms with Crippen molar-refractivity contribution in [1.82, 2.24) is 4.31 Å². The zero-order valence-corrected chi connectivity index (χ0v) is 15.2. The number of hydrogen-bond acceptors (Lipinski definition) is 3. The Morgan fingerprint density at radius 2 is 1.29 bits per heavy atom. The summed E-state index contributed by atoms with van der Waals surface area (Å²) in [6.07, 6.45) is 0. The van der Waals surface area contributed by atoms with Crippen LogP contribution in [0.25, 0.3) is 0 Å². The second-order valence-electron chi connectivity index (χ2n) is 5.30. The van der Waals surface area contributed by atoms with Crippen molar-refractivity contribution in [2.24, 2.45) is 0 Å². The molecule has 0 aliphatic carbocycles. The molecule has 0 atom stereocenters. The summed E-state index contributed by atoms with van der Waals surface area (Å²) in [5.41, 5.74) is 1.89. The Labute approximate surface area is 151 Å². The predicted molar refractivity (Wildman–Crippen MR) is 98.6 cm³/mol. The van der Waals surface area contributed by atoms with Crippen LogP contribution in [0, 0.1) is 0 Å². The summed E-state index contributed by atoms with van der Waals surface area (Å²) in [5.74, 6) is 0. The Bertz CT molecular complexity index is 852. The maximum atomic E-state index is 13.0. The summed E-state index contributed by atoms with van der Waals surface area (Å²) < 4.78 is 28.3. The third-order valence-electron chi connectivity index (χ3n) is 3.55. The van der Waals surface area contributed by atoms with Gasteiger partial charge in [-0.05, 0) is 23.3 Å². The van der Waals surface area contributed by atoms with E-state index in [9.17, 15) is 8.42 Å². The van der Waals surface area contributed by atoms with Gasteiger partial charge in [0.05, 0.1) is 4.34 Å². The van der Waals surface area contributed by atoms with Crippen LogP contribution in [0.1, 0.15) is 11.1 Å². The van der Waals surface area contributed by atoms with Gasteiger partial charge in [0.2, 0.25) is 0 Å². The van der Waals surface area contributed by atoms with Crippen LogP contribution in [0.4, 0.5) is 0 Å². The van der Waals surface area contributed by atoms with E-state index in [0.717, 1.165) is 22.5 Å². The quantitative estimate of drug-likeness (QED) is 0.619. The SMILES string of the molecule is O=S(=O)(c1ccc(Cl)s1)N(Cc1ccccc1)Cc1ccccc1. The van der Waals surface area contributed by atoms with Gasteiger partial charge in [-0.3, -0.25) is 0 Å². The van der Waals surface area contributed by atoms with Crippen molar-refractivity contribution >= 4 is 33.0 Å². The van der Waals surface area contributed by atoms with Crippen molar-refractivity contribution in [2.45, 2.75) is 17.3 Å². The van der Waals surface area contributed by atoms with E-state index in [4.69, 9.17) is 11.6 Å². The van der Waals surface area contributed by atoms with Crippen LogP contribution in [0.3, 0.4) is 0 Å². The maximum absolute atomic E-state index is 13.0. The molecule has 0 amide bonds. The maximum Gasteiger partial charge on any atom is 0.253 e. The average Bonchev–Trinajstić information content (AvgIpc) is 3.03. The van der Waals surface area contributed by atoms with E-state index >= 15 is 0 Å². The lowest BCUT2D eigenvalue weighted by atomic mass is 10.2. The zero-order valence-electron chi connectivity index (χ0n) is 12.8. The van der Waals surface area contributed by atoms with Crippen LogP contribution in [0.5, 0.6) is 0 Å². The van der Waals surface area contributed by atoms with Gasteiger partial charge in [0.15, 0.2) is 0 Å². The van der Waals surface area contributed by atoms with Crippen molar-refractivity contribution < 1.29 is 8.42 Å². The molecule has 1 aromatic heterocycles. The van der Waals surface area contributed by atoms with Crippen molar-refractivity contribution in [1.29, 1.82) is 0 Å². The molecule has 0 radical (unpaired) electrons. The number of hydrogen-bond donors (Lipinski definition) is 0. The predicted octanol–water partition coefficient (Wildman–Crippen LogP) is 4.79. The zero-order chi connectivity index (χ0) is 17.0. The number of sulfonamides is 1. The Balaban J connectivity index is 1.94. The highest BCUT2D eigenvalue weighted by atomic mass is 35.5. The highest BCUT2D eigenvalue weighted by molar-refractivity contribution is 7.91. The molecular weight excluding hydrogens is 362 g/mol. The molecule has 2 aromatic carbocycles. The molecule has 3 rings (SSSR count). The summed E-state index contributed by atoms with van der Waals surface area (Å²) in [6.45, 7) is 0.626. The monoisotopic (exact) mass is 377 g/mol. The molecule has 0 saturated heterocycles. The van der Waals surface area contributed by atoms with Gasteiger partial charge in [0.1, 0.15) is 4.21 Å². The minimum absolute atomic E-state index is 0.263. The molecule has 0 aliphatic heterocycles. The highest BCUT2D eigenvalue weighted by Crippen LogP contribution is 2.29. The first-order chi connectivity index (χ1) is 11.6. The number of thiophene rings is 1. The van der Waals surface area contributed by atoms with Gasteiger partial charge >= 0.3 is 0 Å². The molecule has 1 heterocycles. The smallest absolute Gasteiger partial charge is 0.206 e. The van der Waals surface area contributed by atoms with Crippen molar-refractivity contribution in [3.05, 3.63) is 88.3 Å². The number of benzene rings is 2. The van der Waals surface area contributed by atoms with E-state index in [1.54, 1.807) is 12.1 Å². The first-order valence-corrected chi connectivity index (χ1v) is 10.0. The average molecular weight is 378 g/mol. The largest absolute Gasteiger partial charge is 0.253 e. The molecule has 3 aromatic rings. The standard InChI is InChI=1S/C18H16ClNO2S2/c19-17-11-12-18(23-17)24(21,22)20(13-15-7-3-1-4-8-15)14-16-9-5-2-6-10-16/h1-12H,13-14H2. The lowest BCUT2D eigenvalue weighted by Gasteiger charge is -2.21. The molecule has 0 aliphatic rings. The molecule has 24 heavy (non-hydrogen) atoms. The lowest BCUT2D eigenvalue weighted by Crippen LogP contribution is -2.29. The Morgan fingerprint density at radius 3 is 1.71 bits per heavy atom. The normalized spacial score (nSPS) is 11.8. The first kappa shape index (κ1) is 17.2. The number of nitrogens with zero attached hydrogens (tertiary/aromatic N) is 1. The van der Waals surface area contributed by atoms with E-state index in [0.29, 0.717) is 17.4 Å². The second-order valence-corrected chi connectivity index (χ2v) is 9.18.